The van der Waals surface area contributed by atoms with Gasteiger partial charge in [-0.3, -0.25) is 14.5 Å². The van der Waals surface area contributed by atoms with E-state index in [2.05, 4.69) is 27.7 Å². The number of hydrogen-bond donors (Lipinski definition) is 2. The first-order valence-corrected chi connectivity index (χ1v) is 16.1. The van der Waals surface area contributed by atoms with Crippen molar-refractivity contribution < 1.29 is 19.1 Å². The molecule has 2 amide bonds. The van der Waals surface area contributed by atoms with Crippen LogP contribution in [0.1, 0.15) is 45.8 Å². The number of amides is 2. The Morgan fingerprint density at radius 2 is 1.67 bits per heavy atom. The molecule has 1 aliphatic heterocycles. The molecule has 4 aromatic rings. The van der Waals surface area contributed by atoms with Gasteiger partial charge in [0.25, 0.3) is 0 Å². The zero-order valence-electron chi connectivity index (χ0n) is 24.3. The predicted octanol–water partition coefficient (Wildman–Crippen LogP) is 6.78. The number of nitrogens with one attached hydrogen (secondary N) is 2. The summed E-state index contributed by atoms with van der Waals surface area (Å²) in [6.45, 7) is 6.25. The molecule has 1 aliphatic rings. The van der Waals surface area contributed by atoms with E-state index < -0.39 is 11.2 Å². The largest absolute Gasteiger partial charge is 0.462 e. The first-order chi connectivity index (χ1) is 20.9. The molecule has 43 heavy (non-hydrogen) atoms. The fourth-order valence-electron chi connectivity index (χ4n) is 5.05. The molecular weight excluding hydrogens is 579 g/mol. The van der Waals surface area contributed by atoms with Crippen LogP contribution in [-0.4, -0.2) is 41.1 Å². The fraction of sp³-hybridized carbons (Fsp3) is 0.265. The second-order valence-corrected chi connectivity index (χ2v) is 12.9. The van der Waals surface area contributed by atoms with Crippen molar-refractivity contribution >= 4 is 51.6 Å². The fourth-order valence-corrected chi connectivity index (χ4v) is 7.25. The van der Waals surface area contributed by atoms with Crippen molar-refractivity contribution in [2.24, 2.45) is 0 Å². The van der Waals surface area contributed by atoms with Gasteiger partial charge in [0, 0.05) is 35.1 Å². The summed E-state index contributed by atoms with van der Waals surface area (Å²) in [5.74, 6) is -0.700. The lowest BCUT2D eigenvalue weighted by Gasteiger charge is -2.27. The van der Waals surface area contributed by atoms with Gasteiger partial charge in [0.05, 0.1) is 23.8 Å². The number of carbonyl (C=O) groups is 3. The zero-order chi connectivity index (χ0) is 30.2. The zero-order valence-corrected chi connectivity index (χ0v) is 25.9. The molecule has 0 saturated carbocycles. The van der Waals surface area contributed by atoms with E-state index >= 15 is 0 Å². The quantitative estimate of drug-likeness (QED) is 0.143. The Kier molecular flexibility index (Phi) is 10.3. The van der Waals surface area contributed by atoms with E-state index in [4.69, 9.17) is 4.74 Å². The molecule has 0 saturated heterocycles. The maximum absolute atomic E-state index is 13.4. The summed E-state index contributed by atoms with van der Waals surface area (Å²) >= 11 is 2.86. The van der Waals surface area contributed by atoms with Crippen molar-refractivity contribution in [1.82, 2.24) is 4.90 Å². The van der Waals surface area contributed by atoms with Crippen molar-refractivity contribution in [2.45, 2.75) is 49.9 Å². The van der Waals surface area contributed by atoms with Crippen LogP contribution in [0.3, 0.4) is 0 Å². The van der Waals surface area contributed by atoms with E-state index in [1.807, 2.05) is 79.7 Å². The number of benzene rings is 3. The van der Waals surface area contributed by atoms with Crippen LogP contribution in [0.5, 0.6) is 0 Å². The van der Waals surface area contributed by atoms with Crippen molar-refractivity contribution in [1.29, 1.82) is 0 Å². The highest BCUT2D eigenvalue weighted by Gasteiger charge is 2.30. The predicted molar refractivity (Wildman–Crippen MR) is 174 cm³/mol. The van der Waals surface area contributed by atoms with Crippen LogP contribution < -0.4 is 10.6 Å². The number of thioether (sulfide) groups is 1. The highest BCUT2D eigenvalue weighted by atomic mass is 32.2. The SMILES string of the molecule is CCOC(=O)c1c(NC(=O)C(C)Sc2cccc(NC(=O)Cc3ccccc3)c2)sc2c1CCN(Cc1ccccc1)C2. The molecule has 7 nitrogen and oxygen atoms in total. The van der Waals surface area contributed by atoms with Crippen molar-refractivity contribution in [3.63, 3.8) is 0 Å². The molecule has 0 bridgehead atoms. The van der Waals surface area contributed by atoms with Crippen LogP contribution in [0.2, 0.25) is 0 Å². The Balaban J connectivity index is 1.24. The Bertz CT molecular complexity index is 1570. The molecule has 9 heteroatoms. The molecule has 2 heterocycles. The van der Waals surface area contributed by atoms with Gasteiger partial charge in [0.1, 0.15) is 5.00 Å². The lowest BCUT2D eigenvalue weighted by Crippen LogP contribution is -2.30. The Hall–Kier alpha value is -3.92. The maximum atomic E-state index is 13.4. The first kappa shape index (κ1) is 30.5. The topological polar surface area (TPSA) is 87.7 Å². The average Bonchev–Trinajstić information content (AvgIpc) is 3.35. The molecule has 1 aromatic heterocycles. The van der Waals surface area contributed by atoms with Crippen LogP contribution in [0.15, 0.2) is 89.8 Å². The molecule has 0 spiro atoms. The lowest BCUT2D eigenvalue weighted by atomic mass is 10.0. The van der Waals surface area contributed by atoms with Gasteiger partial charge < -0.3 is 15.4 Å². The number of hydrogen-bond acceptors (Lipinski definition) is 7. The second kappa shape index (κ2) is 14.5. The van der Waals surface area contributed by atoms with Gasteiger partial charge in [-0.2, -0.15) is 0 Å². The van der Waals surface area contributed by atoms with Gasteiger partial charge in [-0.1, -0.05) is 66.7 Å². The maximum Gasteiger partial charge on any atom is 0.341 e. The summed E-state index contributed by atoms with van der Waals surface area (Å²) < 4.78 is 5.40. The van der Waals surface area contributed by atoms with E-state index in [9.17, 15) is 14.4 Å². The number of ether oxygens (including phenoxy) is 1. The number of esters is 1. The normalized spacial score (nSPS) is 13.5. The van der Waals surface area contributed by atoms with E-state index in [0.717, 1.165) is 40.4 Å². The van der Waals surface area contributed by atoms with Crippen LogP contribution in [-0.2, 0) is 40.3 Å². The highest BCUT2D eigenvalue weighted by molar-refractivity contribution is 8.00. The Morgan fingerprint density at radius 1 is 0.953 bits per heavy atom. The minimum Gasteiger partial charge on any atom is -0.462 e. The molecule has 0 fully saturated rings. The molecule has 1 unspecified atom stereocenters. The van der Waals surface area contributed by atoms with Gasteiger partial charge in [-0.15, -0.1) is 23.1 Å². The number of anilines is 2. The minimum atomic E-state index is -0.445. The van der Waals surface area contributed by atoms with Gasteiger partial charge in [0.2, 0.25) is 11.8 Å². The van der Waals surface area contributed by atoms with Crippen molar-refractivity contribution in [3.8, 4) is 0 Å². The summed E-state index contributed by atoms with van der Waals surface area (Å²) in [7, 11) is 0. The van der Waals surface area contributed by atoms with Gasteiger partial charge in [0.15, 0.2) is 0 Å². The first-order valence-electron chi connectivity index (χ1n) is 14.4. The number of nitrogens with zero attached hydrogens (tertiary/aromatic N) is 1. The third-order valence-corrected chi connectivity index (χ3v) is 9.33. The summed E-state index contributed by atoms with van der Waals surface area (Å²) in [5.41, 5.74) is 4.32. The highest BCUT2D eigenvalue weighted by Crippen LogP contribution is 2.38. The monoisotopic (exact) mass is 613 g/mol. The third-order valence-electron chi connectivity index (χ3n) is 7.11. The lowest BCUT2D eigenvalue weighted by molar-refractivity contribution is -0.116. The van der Waals surface area contributed by atoms with Crippen LogP contribution in [0, 0.1) is 0 Å². The molecule has 0 radical (unpaired) electrons. The summed E-state index contributed by atoms with van der Waals surface area (Å²) in [4.78, 5) is 43.2. The van der Waals surface area contributed by atoms with Gasteiger partial charge >= 0.3 is 5.97 Å². The number of fused-ring (bicyclic) bond motifs is 1. The summed E-state index contributed by atoms with van der Waals surface area (Å²) in [6, 6.07) is 27.4. The van der Waals surface area contributed by atoms with E-state index in [1.165, 1.54) is 28.7 Å². The van der Waals surface area contributed by atoms with Crippen molar-refractivity contribution in [3.05, 3.63) is 112 Å². The Morgan fingerprint density at radius 3 is 2.40 bits per heavy atom. The molecule has 0 aliphatic carbocycles. The smallest absolute Gasteiger partial charge is 0.341 e. The number of thiophene rings is 1. The number of rotatable bonds is 11. The molecule has 5 rings (SSSR count). The number of carbonyl (C=O) groups excluding carboxylic acids is 3. The standard InChI is InChI=1S/C34H35N3O4S2/c1-3-41-34(40)31-28-17-18-37(21-25-13-8-5-9-14-25)22-29(28)43-33(31)36-32(39)23(2)42-27-16-10-15-26(20-27)35-30(38)19-24-11-6-4-7-12-24/h4-16,20,23H,3,17-19,21-22H2,1-2H3,(H,35,38)(H,36,39). The van der Waals surface area contributed by atoms with E-state index in [0.29, 0.717) is 22.8 Å². The molecule has 2 N–H and O–H groups in total. The van der Waals surface area contributed by atoms with Crippen molar-refractivity contribution in [2.75, 3.05) is 23.8 Å². The van der Waals surface area contributed by atoms with Gasteiger partial charge in [-0.05, 0) is 55.2 Å². The third kappa shape index (κ3) is 8.13. The average molecular weight is 614 g/mol. The van der Waals surface area contributed by atoms with E-state index in [1.54, 1.807) is 6.92 Å². The Labute approximate surface area is 260 Å². The molecule has 3 aromatic carbocycles. The summed E-state index contributed by atoms with van der Waals surface area (Å²) in [5, 5.41) is 6.08. The molecule has 1 atom stereocenters. The van der Waals surface area contributed by atoms with Gasteiger partial charge in [-0.25, -0.2) is 4.79 Å². The second-order valence-electron chi connectivity index (χ2n) is 10.4. The molecule has 222 valence electrons. The minimum absolute atomic E-state index is 0.102. The van der Waals surface area contributed by atoms with Crippen LogP contribution in [0.25, 0.3) is 0 Å². The van der Waals surface area contributed by atoms with E-state index in [-0.39, 0.29) is 24.8 Å². The summed E-state index contributed by atoms with van der Waals surface area (Å²) in [6.07, 6.45) is 1.00. The molecular formula is C34H35N3O4S2. The van der Waals surface area contributed by atoms with Crippen LogP contribution >= 0.6 is 23.1 Å². The van der Waals surface area contributed by atoms with Crippen LogP contribution in [0.4, 0.5) is 10.7 Å².